The van der Waals surface area contributed by atoms with Gasteiger partial charge in [0.15, 0.2) is 5.60 Å². The number of nitrogens with one attached hydrogen (secondary N) is 1. The summed E-state index contributed by atoms with van der Waals surface area (Å²) in [5.74, 6) is 0.643. The van der Waals surface area contributed by atoms with E-state index in [0.29, 0.717) is 5.75 Å². The number of aliphatic hydroxyl groups is 1. The van der Waals surface area contributed by atoms with Crippen molar-refractivity contribution in [1.82, 2.24) is 10.2 Å². The monoisotopic (exact) mass is 318 g/mol. The number of hydrogen-bond donors (Lipinski definition) is 2. The molecular weight excluding hydrogens is 301 g/mol. The molecule has 2 N–H and O–H groups in total. The molecular formula is C14H17F3N2O3. The van der Waals surface area contributed by atoms with Gasteiger partial charge >= 0.3 is 12.2 Å². The van der Waals surface area contributed by atoms with Crippen LogP contribution >= 0.6 is 0 Å². The van der Waals surface area contributed by atoms with Crippen LogP contribution in [-0.2, 0) is 0 Å². The summed E-state index contributed by atoms with van der Waals surface area (Å²) in [4.78, 5) is 12.7. The van der Waals surface area contributed by atoms with Crippen molar-refractivity contribution in [2.45, 2.75) is 18.2 Å². The molecule has 0 bridgehead atoms. The molecule has 1 aliphatic rings. The minimum absolute atomic E-state index is 0.138. The number of hydrogen-bond acceptors (Lipinski definition) is 3. The van der Waals surface area contributed by atoms with E-state index in [0.717, 1.165) is 4.90 Å². The first-order valence-electron chi connectivity index (χ1n) is 6.81. The Kier molecular flexibility index (Phi) is 4.80. The molecule has 1 aromatic carbocycles. The lowest BCUT2D eigenvalue weighted by Crippen LogP contribution is -2.49. The van der Waals surface area contributed by atoms with Crippen LogP contribution in [0.2, 0.25) is 0 Å². The number of likely N-dealkylation sites (tertiary alicyclic amines) is 1. The number of β-amino-alcohol motifs (C(OH)–C–C–N with tert-alkyl or cyclic N) is 1. The summed E-state index contributed by atoms with van der Waals surface area (Å²) in [5, 5.41) is 12.0. The molecule has 122 valence electrons. The molecule has 0 spiro atoms. The van der Waals surface area contributed by atoms with Crippen molar-refractivity contribution in [2.24, 2.45) is 0 Å². The van der Waals surface area contributed by atoms with E-state index in [1.54, 1.807) is 24.3 Å². The van der Waals surface area contributed by atoms with Gasteiger partial charge in [-0.25, -0.2) is 4.79 Å². The first kappa shape index (κ1) is 16.4. The Morgan fingerprint density at radius 1 is 1.36 bits per heavy atom. The maximum Gasteiger partial charge on any atom is 0.419 e. The van der Waals surface area contributed by atoms with Crippen molar-refractivity contribution in [3.8, 4) is 5.75 Å². The summed E-state index contributed by atoms with van der Waals surface area (Å²) in [6.07, 6.45) is -5.25. The highest BCUT2D eigenvalue weighted by Gasteiger charge is 2.57. The minimum Gasteiger partial charge on any atom is -0.492 e. The number of nitrogens with zero attached hydrogens (tertiary/aromatic N) is 1. The molecule has 0 aromatic heterocycles. The van der Waals surface area contributed by atoms with E-state index in [-0.39, 0.29) is 19.7 Å². The number of urea groups is 1. The van der Waals surface area contributed by atoms with Crippen molar-refractivity contribution < 1.29 is 27.8 Å². The zero-order valence-corrected chi connectivity index (χ0v) is 11.8. The molecule has 22 heavy (non-hydrogen) atoms. The molecule has 0 aliphatic carbocycles. The van der Waals surface area contributed by atoms with Gasteiger partial charge in [0.25, 0.3) is 0 Å². The molecule has 2 rings (SSSR count). The molecule has 1 heterocycles. The molecule has 1 aromatic rings. The molecule has 5 nitrogen and oxygen atoms in total. The third kappa shape index (κ3) is 3.82. The minimum atomic E-state index is -4.74. The van der Waals surface area contributed by atoms with E-state index >= 15 is 0 Å². The van der Waals surface area contributed by atoms with Gasteiger partial charge in [-0.05, 0) is 12.1 Å². The molecule has 1 unspecified atom stereocenters. The average Bonchev–Trinajstić information content (AvgIpc) is 2.88. The van der Waals surface area contributed by atoms with Crippen LogP contribution in [0.15, 0.2) is 30.3 Å². The number of carbonyl (C=O) groups excluding carboxylic acids is 1. The van der Waals surface area contributed by atoms with E-state index in [1.165, 1.54) is 0 Å². The third-order valence-electron chi connectivity index (χ3n) is 3.45. The maximum atomic E-state index is 12.6. The van der Waals surface area contributed by atoms with E-state index in [1.807, 2.05) is 6.07 Å². The zero-order chi connectivity index (χ0) is 16.2. The van der Waals surface area contributed by atoms with Gasteiger partial charge in [-0.1, -0.05) is 18.2 Å². The molecule has 1 fully saturated rings. The Balaban J connectivity index is 1.72. The van der Waals surface area contributed by atoms with Gasteiger partial charge in [0, 0.05) is 13.0 Å². The number of rotatable bonds is 4. The molecule has 1 aliphatic heterocycles. The van der Waals surface area contributed by atoms with Gasteiger partial charge < -0.3 is 20.1 Å². The molecule has 1 atom stereocenters. The van der Waals surface area contributed by atoms with Gasteiger partial charge in [0.2, 0.25) is 0 Å². The summed E-state index contributed by atoms with van der Waals surface area (Å²) in [5.41, 5.74) is -2.81. The summed E-state index contributed by atoms with van der Waals surface area (Å²) in [6.45, 7) is -0.523. The van der Waals surface area contributed by atoms with Gasteiger partial charge in [-0.15, -0.1) is 0 Å². The van der Waals surface area contributed by atoms with Crippen LogP contribution in [0.4, 0.5) is 18.0 Å². The number of halogens is 3. The smallest absolute Gasteiger partial charge is 0.419 e. The third-order valence-corrected chi connectivity index (χ3v) is 3.45. The van der Waals surface area contributed by atoms with Gasteiger partial charge in [-0.2, -0.15) is 13.2 Å². The summed E-state index contributed by atoms with van der Waals surface area (Å²) < 4.78 is 43.3. The Hall–Kier alpha value is -1.96. The van der Waals surface area contributed by atoms with Crippen LogP contribution in [0, 0.1) is 0 Å². The Morgan fingerprint density at radius 2 is 2.05 bits per heavy atom. The van der Waals surface area contributed by atoms with E-state index in [2.05, 4.69) is 5.32 Å². The SMILES string of the molecule is O=C(NCCOc1ccccc1)N1CCC(O)(C(F)(F)F)C1. The van der Waals surface area contributed by atoms with Crippen molar-refractivity contribution in [3.63, 3.8) is 0 Å². The molecule has 1 saturated heterocycles. The van der Waals surface area contributed by atoms with Crippen LogP contribution < -0.4 is 10.1 Å². The second kappa shape index (κ2) is 6.43. The number of para-hydroxylation sites is 1. The van der Waals surface area contributed by atoms with Crippen LogP contribution in [-0.4, -0.2) is 54.1 Å². The zero-order valence-electron chi connectivity index (χ0n) is 11.8. The fraction of sp³-hybridized carbons (Fsp3) is 0.500. The highest BCUT2D eigenvalue weighted by Crippen LogP contribution is 2.37. The highest BCUT2D eigenvalue weighted by molar-refractivity contribution is 5.74. The number of benzene rings is 1. The highest BCUT2D eigenvalue weighted by atomic mass is 19.4. The maximum absolute atomic E-state index is 12.6. The van der Waals surface area contributed by atoms with Crippen LogP contribution in [0.5, 0.6) is 5.75 Å². The normalized spacial score (nSPS) is 21.7. The standard InChI is InChI=1S/C14H17F3N2O3/c15-14(16,17)13(21)6-8-19(10-13)12(20)18-7-9-22-11-4-2-1-3-5-11/h1-5,21H,6-10H2,(H,18,20). The molecule has 8 heteroatoms. The fourth-order valence-electron chi connectivity index (χ4n) is 2.15. The number of ether oxygens (including phenoxy) is 1. The first-order chi connectivity index (χ1) is 10.3. The predicted molar refractivity (Wildman–Crippen MR) is 72.5 cm³/mol. The number of alkyl halides is 3. The van der Waals surface area contributed by atoms with Crippen molar-refractivity contribution in [3.05, 3.63) is 30.3 Å². The van der Waals surface area contributed by atoms with Gasteiger partial charge in [0.05, 0.1) is 13.1 Å². The second-order valence-corrected chi connectivity index (χ2v) is 5.09. The van der Waals surface area contributed by atoms with Crippen LogP contribution in [0.25, 0.3) is 0 Å². The molecule has 2 amide bonds. The van der Waals surface area contributed by atoms with Crippen molar-refractivity contribution in [2.75, 3.05) is 26.2 Å². The molecule has 0 saturated carbocycles. The quantitative estimate of drug-likeness (QED) is 0.832. The number of amides is 2. The van der Waals surface area contributed by atoms with Gasteiger partial charge in [0.1, 0.15) is 12.4 Å². The lowest BCUT2D eigenvalue weighted by atomic mass is 10.0. The van der Waals surface area contributed by atoms with Crippen molar-refractivity contribution in [1.29, 1.82) is 0 Å². The summed E-state index contributed by atoms with van der Waals surface area (Å²) >= 11 is 0. The Morgan fingerprint density at radius 3 is 2.64 bits per heavy atom. The predicted octanol–water partition coefficient (Wildman–Crippen LogP) is 1.77. The Bertz CT molecular complexity index is 510. The van der Waals surface area contributed by atoms with Crippen molar-refractivity contribution >= 4 is 6.03 Å². The van der Waals surface area contributed by atoms with E-state index in [9.17, 15) is 23.1 Å². The lowest BCUT2D eigenvalue weighted by Gasteiger charge is -2.25. The largest absolute Gasteiger partial charge is 0.492 e. The van der Waals surface area contributed by atoms with Crippen LogP contribution in [0.1, 0.15) is 6.42 Å². The topological polar surface area (TPSA) is 61.8 Å². The second-order valence-electron chi connectivity index (χ2n) is 5.09. The number of carbonyl (C=O) groups is 1. The molecule has 0 radical (unpaired) electrons. The fourth-order valence-corrected chi connectivity index (χ4v) is 2.15. The summed E-state index contributed by atoms with van der Waals surface area (Å²) in [6, 6.07) is 8.31. The van der Waals surface area contributed by atoms with Gasteiger partial charge in [-0.3, -0.25) is 0 Å². The first-order valence-corrected chi connectivity index (χ1v) is 6.81. The van der Waals surface area contributed by atoms with E-state index in [4.69, 9.17) is 4.74 Å². The lowest BCUT2D eigenvalue weighted by molar-refractivity contribution is -0.253. The van der Waals surface area contributed by atoms with E-state index < -0.39 is 30.8 Å². The average molecular weight is 318 g/mol. The van der Waals surface area contributed by atoms with Crippen LogP contribution in [0.3, 0.4) is 0 Å². The summed E-state index contributed by atoms with van der Waals surface area (Å²) in [7, 11) is 0. The Labute approximate surface area is 125 Å².